The Morgan fingerprint density at radius 2 is 1.00 bits per heavy atom. The van der Waals surface area contributed by atoms with E-state index in [4.69, 9.17) is 17.9 Å². The van der Waals surface area contributed by atoms with Crippen LogP contribution < -0.4 is 4.74 Å². The molecular weight excluding hydrogens is 1130 g/mol. The van der Waals surface area contributed by atoms with Crippen molar-refractivity contribution >= 4 is 111 Å². The summed E-state index contributed by atoms with van der Waals surface area (Å²) >= 11 is 9.64. The number of thiophene rings is 1. The van der Waals surface area contributed by atoms with Crippen LogP contribution in [0.2, 0.25) is 0 Å². The number of aromatic nitrogens is 6. The van der Waals surface area contributed by atoms with Gasteiger partial charge in [0, 0.05) is 11.1 Å². The van der Waals surface area contributed by atoms with Crippen molar-refractivity contribution in [2.45, 2.75) is 12.4 Å². The van der Waals surface area contributed by atoms with E-state index in [0.717, 1.165) is 55.2 Å². The van der Waals surface area contributed by atoms with E-state index in [1.165, 1.54) is 22.1 Å². The number of thiol groups is 2. The number of halogens is 6. The Morgan fingerprint density at radius 3 is 1.43 bits per heavy atom. The van der Waals surface area contributed by atoms with Crippen LogP contribution in [0.15, 0.2) is 151 Å². The van der Waals surface area contributed by atoms with Gasteiger partial charge in [-0.25, -0.2) is 26.6 Å². The topological polar surface area (TPSA) is 86.6 Å². The summed E-state index contributed by atoms with van der Waals surface area (Å²) < 4.78 is 86.5. The van der Waals surface area contributed by atoms with Gasteiger partial charge in [0.2, 0.25) is 5.88 Å². The Hall–Kier alpha value is -6.75. The maximum atomic E-state index is 13.7. The molecule has 0 bridgehead atoms. The van der Waals surface area contributed by atoms with Crippen molar-refractivity contribution in [1.82, 2.24) is 30.6 Å². The Bertz CT molecular complexity index is 3610. The first-order valence-electron chi connectivity index (χ1n) is 20.2. The molecule has 342 valence electrons. The smallest absolute Gasteiger partial charge is 0.436 e. The van der Waals surface area contributed by atoms with Crippen molar-refractivity contribution < 1.29 is 51.2 Å². The van der Waals surface area contributed by atoms with E-state index < -0.39 is 29.2 Å². The van der Waals surface area contributed by atoms with Gasteiger partial charge in [-0.2, -0.15) is 73.9 Å². The van der Waals surface area contributed by atoms with Crippen LogP contribution in [0.4, 0.5) is 26.3 Å². The molecule has 4 heterocycles. The molecule has 0 spiro atoms. The van der Waals surface area contributed by atoms with Gasteiger partial charge in [-0.3, -0.25) is 13.2 Å². The molecule has 11 aromatic rings. The third-order valence-corrected chi connectivity index (χ3v) is 11.9. The van der Waals surface area contributed by atoms with Crippen molar-refractivity contribution in [1.29, 1.82) is 0 Å². The molecule has 0 aliphatic rings. The third kappa shape index (κ3) is 10.3. The van der Waals surface area contributed by atoms with Crippen molar-refractivity contribution in [3.8, 4) is 22.2 Å². The molecule has 7 aromatic carbocycles. The number of hydrogen-bond donors (Lipinski definition) is 2. The Morgan fingerprint density at radius 1 is 0.536 bits per heavy atom. The van der Waals surface area contributed by atoms with Crippen LogP contribution in [0.25, 0.3) is 85.0 Å². The minimum Gasteiger partial charge on any atom is -0.436 e. The van der Waals surface area contributed by atoms with Crippen LogP contribution in [-0.2, 0) is 32.5 Å². The fraction of sp³-hybridized carbons (Fsp3) is 0.0385. The molecule has 0 aliphatic heterocycles. The summed E-state index contributed by atoms with van der Waals surface area (Å²) in [5.41, 5.74) is -2.06. The second kappa shape index (κ2) is 20.1. The van der Waals surface area contributed by atoms with E-state index in [1.54, 1.807) is 48.1 Å². The first-order chi connectivity index (χ1) is 32.6. The minimum absolute atomic E-state index is 0. The van der Waals surface area contributed by atoms with Crippen LogP contribution >= 0.6 is 36.6 Å². The second-order valence-electron chi connectivity index (χ2n) is 15.0. The molecule has 7 nitrogen and oxygen atoms in total. The molecule has 4 aromatic heterocycles. The number of rotatable bonds is 5. The van der Waals surface area contributed by atoms with E-state index >= 15 is 0 Å². The van der Waals surface area contributed by atoms with Gasteiger partial charge >= 0.3 is 32.5 Å². The molecule has 0 saturated heterocycles. The van der Waals surface area contributed by atoms with E-state index in [0.29, 0.717) is 48.6 Å². The molecule has 0 aliphatic carbocycles. The normalized spacial score (nSPS) is 11.5. The predicted molar refractivity (Wildman–Crippen MR) is 263 cm³/mol. The summed E-state index contributed by atoms with van der Waals surface area (Å²) in [5, 5.41) is 36.8. The fourth-order valence-electron chi connectivity index (χ4n) is 7.60. The average Bonchev–Trinajstić information content (AvgIpc) is 3.86. The van der Waals surface area contributed by atoms with Gasteiger partial charge in [0.05, 0.1) is 18.0 Å². The molecule has 0 unspecified atom stereocenters. The summed E-state index contributed by atoms with van der Waals surface area (Å²) in [6.07, 6.45) is -7.07. The van der Waals surface area contributed by atoms with E-state index in [9.17, 15) is 26.3 Å². The summed E-state index contributed by atoms with van der Waals surface area (Å²) in [4.78, 5) is 1.42. The van der Waals surface area contributed by atoms with Crippen molar-refractivity contribution in [2.24, 2.45) is 0 Å². The monoisotopic (exact) mass is 1160 g/mol. The van der Waals surface area contributed by atoms with Crippen molar-refractivity contribution in [3.05, 3.63) is 193 Å². The molecule has 0 radical (unpaired) electrons. The van der Waals surface area contributed by atoms with E-state index in [-0.39, 0.29) is 26.0 Å². The maximum absolute atomic E-state index is 13.7. The molecule has 11 rings (SSSR count). The van der Waals surface area contributed by atoms with Crippen molar-refractivity contribution in [3.63, 3.8) is 0 Å². The Kier molecular flexibility index (Phi) is 14.2. The van der Waals surface area contributed by atoms with Gasteiger partial charge in [-0.05, 0) is 90.2 Å². The van der Waals surface area contributed by atoms with E-state index in [1.807, 2.05) is 36.4 Å². The van der Waals surface area contributed by atoms with Gasteiger partial charge in [0.15, 0.2) is 0 Å². The number of fused-ring (bicyclic) bond motifs is 6. The third-order valence-electron chi connectivity index (χ3n) is 10.7. The minimum atomic E-state index is -5.32. The van der Waals surface area contributed by atoms with Crippen LogP contribution in [0.5, 0.6) is 11.6 Å². The zero-order valence-corrected chi connectivity index (χ0v) is 40.1. The molecule has 0 fully saturated rings. The second-order valence-corrected chi connectivity index (χ2v) is 16.9. The fourth-order valence-corrected chi connectivity index (χ4v) is 8.60. The first-order valence-corrected chi connectivity index (χ1v) is 21.9. The summed E-state index contributed by atoms with van der Waals surface area (Å²) in [6, 6.07) is 42.1. The van der Waals surface area contributed by atoms with Gasteiger partial charge in [-0.1, -0.05) is 113 Å². The number of alkyl halides is 6. The number of nitrogens with zero attached hydrogens (tertiary/aromatic N) is 6. The van der Waals surface area contributed by atoms with Crippen molar-refractivity contribution in [2.75, 3.05) is 0 Å². The van der Waals surface area contributed by atoms with Gasteiger partial charge in [0.1, 0.15) is 11.3 Å². The molecule has 0 amide bonds. The molecular formula is C52H29F6IrN6OS3. The Labute approximate surface area is 417 Å². The largest absolute Gasteiger partial charge is 3.00 e. The molecule has 0 saturated carbocycles. The van der Waals surface area contributed by atoms with Crippen LogP contribution in [0, 0.1) is 19.2 Å². The zero-order valence-electron chi connectivity index (χ0n) is 35.1. The molecule has 0 N–H and O–H groups in total. The summed E-state index contributed by atoms with van der Waals surface area (Å²) in [6.45, 7) is 11.4. The average molecular weight is 1160 g/mol. The zero-order chi connectivity index (χ0) is 47.7. The maximum Gasteiger partial charge on any atom is 3.00 e. The van der Waals surface area contributed by atoms with Gasteiger partial charge < -0.3 is 4.74 Å². The number of benzene rings is 7. The predicted octanol–water partition coefficient (Wildman–Crippen LogP) is 15.1. The SMILES string of the molecule is FC(F)(F)c1cccc(Oc2nnc(-c3[c-]ccs3)c3cc4ccccc4cc23)c1C(F)(F)F.[CH-]=C(S)c1nncc2cc3ccccc3cc12.[CH-]=C(S)c1nncc2cc3ccccc3cc12.[Ir+3]. The number of ether oxygens (including phenoxy) is 1. The molecule has 17 heteroatoms. The van der Waals surface area contributed by atoms with Crippen LogP contribution in [0.3, 0.4) is 0 Å². The standard InChI is InChI=1S/C24H11F6N2OS.2C14H9N2S.Ir/c25-23(26,27)17-7-3-8-18(20(17)24(28,29)30)33-22-16-12-14-6-2-1-5-13(14)11-15(16)21(31-32-22)19-9-4-10-34-19;2*1-9(17)14-13-7-11-5-3-2-4-10(11)6-12(13)8-15-16-14;/h1-8,10-12H;2*1-8,17H;/q3*-1;+3. The summed E-state index contributed by atoms with van der Waals surface area (Å²) in [7, 11) is 0. The summed E-state index contributed by atoms with van der Waals surface area (Å²) in [5.74, 6) is -1.35. The van der Waals surface area contributed by atoms with Gasteiger partial charge in [-0.15, -0.1) is 20.3 Å². The molecule has 0 atom stereocenters. The Balaban J connectivity index is 0.000000153. The number of hydrogen-bond acceptors (Lipinski definition) is 10. The van der Waals surface area contributed by atoms with Gasteiger partial charge in [0.25, 0.3) is 0 Å². The first kappa shape index (κ1) is 48.7. The quantitative estimate of drug-likeness (QED) is 0.0768. The van der Waals surface area contributed by atoms with Crippen LogP contribution in [0.1, 0.15) is 22.5 Å². The van der Waals surface area contributed by atoms with E-state index in [2.05, 4.69) is 110 Å². The molecule has 69 heavy (non-hydrogen) atoms. The van der Waals surface area contributed by atoms with Crippen LogP contribution in [-0.4, -0.2) is 30.6 Å².